The van der Waals surface area contributed by atoms with Crippen molar-refractivity contribution in [1.82, 2.24) is 4.98 Å². The molecule has 1 aliphatic rings. The lowest BCUT2D eigenvalue weighted by Gasteiger charge is -2.15. The molecule has 7 heteroatoms. The van der Waals surface area contributed by atoms with Gasteiger partial charge in [0.2, 0.25) is 0 Å². The van der Waals surface area contributed by atoms with E-state index in [-0.39, 0.29) is 18.5 Å². The number of hydrogen-bond donors (Lipinski definition) is 1. The first-order valence-corrected chi connectivity index (χ1v) is 13.0. The second-order valence-electron chi connectivity index (χ2n) is 8.80. The predicted molar refractivity (Wildman–Crippen MR) is 143 cm³/mol. The van der Waals surface area contributed by atoms with Gasteiger partial charge in [-0.3, -0.25) is 4.79 Å². The average molecular weight is 501 g/mol. The van der Waals surface area contributed by atoms with Crippen LogP contribution in [0.5, 0.6) is 5.75 Å². The van der Waals surface area contributed by atoms with E-state index >= 15 is 0 Å². The minimum absolute atomic E-state index is 0.259. The van der Waals surface area contributed by atoms with Crippen molar-refractivity contribution in [2.24, 2.45) is 0 Å². The van der Waals surface area contributed by atoms with Gasteiger partial charge in [-0.05, 0) is 81.0 Å². The number of fused-ring (bicyclic) bond motifs is 2. The Morgan fingerprint density at radius 1 is 1.03 bits per heavy atom. The van der Waals surface area contributed by atoms with Gasteiger partial charge in [0.15, 0.2) is 0 Å². The van der Waals surface area contributed by atoms with Gasteiger partial charge < -0.3 is 14.8 Å². The number of nitrogens with one attached hydrogen (secondary N) is 1. The highest BCUT2D eigenvalue weighted by Gasteiger charge is 2.28. The van der Waals surface area contributed by atoms with Crippen LogP contribution in [0, 0.1) is 6.92 Å². The fraction of sp³-hybridized carbons (Fsp3) is 0.276. The van der Waals surface area contributed by atoms with Crippen molar-refractivity contribution in [3.05, 3.63) is 75.7 Å². The summed E-state index contributed by atoms with van der Waals surface area (Å²) in [6.07, 6.45) is 3.86. The molecule has 1 aliphatic carbocycles. The van der Waals surface area contributed by atoms with Crippen LogP contribution in [0.25, 0.3) is 22.2 Å². The van der Waals surface area contributed by atoms with Crippen molar-refractivity contribution >= 4 is 39.1 Å². The number of aromatic nitrogens is 1. The van der Waals surface area contributed by atoms with Crippen LogP contribution in [-0.4, -0.2) is 30.6 Å². The van der Waals surface area contributed by atoms with E-state index in [1.807, 2.05) is 55.5 Å². The van der Waals surface area contributed by atoms with Gasteiger partial charge in [-0.2, -0.15) is 0 Å². The molecule has 2 heterocycles. The number of carbonyl (C=O) groups is 2. The second kappa shape index (κ2) is 10.1. The Balaban J connectivity index is 1.61. The quantitative estimate of drug-likeness (QED) is 0.302. The SMILES string of the molecule is CCOC(=O)c1c(NC(=O)c2c(C)c(-c3ccc(OC)cc3)nc3ccccc23)sc2c1CCCC2. The topological polar surface area (TPSA) is 77.5 Å². The fourth-order valence-corrected chi connectivity index (χ4v) is 6.14. The van der Waals surface area contributed by atoms with E-state index in [4.69, 9.17) is 14.5 Å². The standard InChI is InChI=1S/C29H28N2O4S/c1-4-35-29(33)25-21-10-6-8-12-23(21)36-28(25)31-27(32)24-17(2)26(18-13-15-19(34-3)16-14-18)30-22-11-7-5-9-20(22)24/h5,7,9,11,13-16H,4,6,8,10,12H2,1-3H3,(H,31,32). The molecule has 4 aromatic rings. The number of thiophene rings is 1. The molecule has 2 aromatic heterocycles. The second-order valence-corrected chi connectivity index (χ2v) is 9.90. The normalized spacial score (nSPS) is 12.8. The third-order valence-electron chi connectivity index (χ3n) is 6.60. The van der Waals surface area contributed by atoms with Crippen molar-refractivity contribution in [3.8, 4) is 17.0 Å². The largest absolute Gasteiger partial charge is 0.497 e. The van der Waals surface area contributed by atoms with E-state index in [0.717, 1.165) is 69.6 Å². The van der Waals surface area contributed by atoms with E-state index in [1.54, 1.807) is 14.0 Å². The molecule has 1 N–H and O–H groups in total. The van der Waals surface area contributed by atoms with E-state index in [2.05, 4.69) is 5.32 Å². The van der Waals surface area contributed by atoms with Gasteiger partial charge in [0.1, 0.15) is 10.8 Å². The van der Waals surface area contributed by atoms with Gasteiger partial charge in [0.05, 0.1) is 36.1 Å². The first kappa shape index (κ1) is 24.0. The van der Waals surface area contributed by atoms with Crippen LogP contribution in [-0.2, 0) is 17.6 Å². The number of anilines is 1. The number of methoxy groups -OCH3 is 1. The number of pyridine rings is 1. The van der Waals surface area contributed by atoms with E-state index < -0.39 is 0 Å². The molecule has 0 bridgehead atoms. The van der Waals surface area contributed by atoms with Crippen LogP contribution in [0.4, 0.5) is 5.00 Å². The molecular formula is C29H28N2O4S. The van der Waals surface area contributed by atoms with Crippen LogP contribution in [0.15, 0.2) is 48.5 Å². The number of carbonyl (C=O) groups excluding carboxylic acids is 2. The molecule has 0 radical (unpaired) electrons. The Hall–Kier alpha value is -3.71. The Morgan fingerprint density at radius 2 is 1.78 bits per heavy atom. The van der Waals surface area contributed by atoms with Crippen molar-refractivity contribution in [2.75, 3.05) is 19.0 Å². The third-order valence-corrected chi connectivity index (χ3v) is 7.81. The van der Waals surface area contributed by atoms with Gasteiger partial charge >= 0.3 is 5.97 Å². The number of amides is 1. The summed E-state index contributed by atoms with van der Waals surface area (Å²) in [6.45, 7) is 4.00. The zero-order chi connectivity index (χ0) is 25.2. The van der Waals surface area contributed by atoms with Gasteiger partial charge in [-0.1, -0.05) is 18.2 Å². The molecule has 2 aromatic carbocycles. The lowest BCUT2D eigenvalue weighted by atomic mass is 9.95. The number of benzene rings is 2. The maximum Gasteiger partial charge on any atom is 0.341 e. The van der Waals surface area contributed by atoms with Crippen molar-refractivity contribution in [3.63, 3.8) is 0 Å². The summed E-state index contributed by atoms with van der Waals surface area (Å²) in [7, 11) is 1.63. The molecule has 36 heavy (non-hydrogen) atoms. The number of para-hydroxylation sites is 1. The Bertz CT molecular complexity index is 1460. The molecule has 0 spiro atoms. The monoisotopic (exact) mass is 500 g/mol. The maximum atomic E-state index is 13.9. The lowest BCUT2D eigenvalue weighted by Crippen LogP contribution is -2.17. The first-order chi connectivity index (χ1) is 17.5. The summed E-state index contributed by atoms with van der Waals surface area (Å²) < 4.78 is 10.7. The smallest absolute Gasteiger partial charge is 0.341 e. The number of ether oxygens (including phenoxy) is 2. The molecule has 0 saturated carbocycles. The molecular weight excluding hydrogens is 472 g/mol. The van der Waals surface area contributed by atoms with Crippen molar-refractivity contribution < 1.29 is 19.1 Å². The molecule has 0 fully saturated rings. The number of hydrogen-bond acceptors (Lipinski definition) is 6. The number of rotatable bonds is 6. The van der Waals surface area contributed by atoms with E-state index in [1.165, 1.54) is 11.3 Å². The minimum atomic E-state index is -0.373. The van der Waals surface area contributed by atoms with Crippen molar-refractivity contribution in [1.29, 1.82) is 0 Å². The molecule has 0 unspecified atom stereocenters. The van der Waals surface area contributed by atoms with Gasteiger partial charge in [0, 0.05) is 15.8 Å². The van der Waals surface area contributed by atoms with Crippen LogP contribution in [0.2, 0.25) is 0 Å². The first-order valence-electron chi connectivity index (χ1n) is 12.2. The zero-order valence-electron chi connectivity index (χ0n) is 20.6. The highest BCUT2D eigenvalue weighted by Crippen LogP contribution is 2.39. The Morgan fingerprint density at radius 3 is 2.53 bits per heavy atom. The van der Waals surface area contributed by atoms with Crippen LogP contribution in [0.1, 0.15) is 56.5 Å². The average Bonchev–Trinajstić information content (AvgIpc) is 3.26. The van der Waals surface area contributed by atoms with Crippen LogP contribution in [0.3, 0.4) is 0 Å². The van der Waals surface area contributed by atoms with Crippen LogP contribution < -0.4 is 10.1 Å². The summed E-state index contributed by atoms with van der Waals surface area (Å²) in [5.74, 6) is 0.121. The molecule has 5 rings (SSSR count). The highest BCUT2D eigenvalue weighted by atomic mass is 32.1. The maximum absolute atomic E-state index is 13.9. The zero-order valence-corrected chi connectivity index (χ0v) is 21.5. The molecule has 0 atom stereocenters. The number of nitrogens with zero attached hydrogens (tertiary/aromatic N) is 1. The molecule has 6 nitrogen and oxygen atoms in total. The van der Waals surface area contributed by atoms with Gasteiger partial charge in [0.25, 0.3) is 5.91 Å². The highest BCUT2D eigenvalue weighted by molar-refractivity contribution is 7.17. The summed E-state index contributed by atoms with van der Waals surface area (Å²) >= 11 is 1.49. The number of esters is 1. The van der Waals surface area contributed by atoms with E-state index in [9.17, 15) is 9.59 Å². The van der Waals surface area contributed by atoms with Crippen LogP contribution >= 0.6 is 11.3 Å². The molecule has 1 amide bonds. The lowest BCUT2D eigenvalue weighted by molar-refractivity contribution is 0.0526. The minimum Gasteiger partial charge on any atom is -0.497 e. The summed E-state index contributed by atoms with van der Waals surface area (Å²) in [5, 5.41) is 4.42. The summed E-state index contributed by atoms with van der Waals surface area (Å²) in [6, 6.07) is 15.3. The summed E-state index contributed by atoms with van der Waals surface area (Å²) in [4.78, 5) is 32.8. The van der Waals surface area contributed by atoms with Crippen molar-refractivity contribution in [2.45, 2.75) is 39.5 Å². The molecule has 184 valence electrons. The molecule has 0 saturated heterocycles. The van der Waals surface area contributed by atoms with Gasteiger partial charge in [-0.25, -0.2) is 9.78 Å². The number of aryl methyl sites for hydroxylation is 1. The molecule has 0 aliphatic heterocycles. The predicted octanol–water partition coefficient (Wildman–Crippen LogP) is 6.59. The van der Waals surface area contributed by atoms with E-state index in [0.29, 0.717) is 16.1 Å². The summed E-state index contributed by atoms with van der Waals surface area (Å²) in [5.41, 5.74) is 5.22. The third kappa shape index (κ3) is 4.35. The fourth-order valence-electron chi connectivity index (χ4n) is 4.87. The Kier molecular flexibility index (Phi) is 6.74. The van der Waals surface area contributed by atoms with Gasteiger partial charge in [-0.15, -0.1) is 11.3 Å². The Labute approximate surface area is 214 Å².